The normalized spacial score (nSPS) is 14.2. The van der Waals surface area contributed by atoms with Gasteiger partial charge in [0.15, 0.2) is 6.61 Å². The number of para-hydroxylation sites is 1. The lowest BCUT2D eigenvalue weighted by Gasteiger charge is -2.36. The Labute approximate surface area is 145 Å². The Balaban J connectivity index is 1.52. The van der Waals surface area contributed by atoms with E-state index in [2.05, 4.69) is 4.90 Å². The number of nitro benzene ring substituents is 1. The Morgan fingerprint density at radius 3 is 2.44 bits per heavy atom. The molecule has 1 amide bonds. The average molecular weight is 341 g/mol. The predicted octanol–water partition coefficient (Wildman–Crippen LogP) is 2.32. The first kappa shape index (κ1) is 16.8. The van der Waals surface area contributed by atoms with Gasteiger partial charge in [0.05, 0.1) is 4.92 Å². The zero-order valence-electron chi connectivity index (χ0n) is 13.7. The van der Waals surface area contributed by atoms with Crippen molar-refractivity contribution in [2.24, 2.45) is 0 Å². The van der Waals surface area contributed by atoms with Crippen molar-refractivity contribution in [1.29, 1.82) is 0 Å². The third-order valence-corrected chi connectivity index (χ3v) is 4.14. The topological polar surface area (TPSA) is 75.9 Å². The number of ether oxygens (including phenoxy) is 1. The molecule has 0 aliphatic carbocycles. The molecule has 25 heavy (non-hydrogen) atoms. The van der Waals surface area contributed by atoms with Gasteiger partial charge in [-0.3, -0.25) is 14.9 Å². The van der Waals surface area contributed by atoms with Crippen LogP contribution < -0.4 is 9.64 Å². The maximum Gasteiger partial charge on any atom is 0.271 e. The molecule has 1 saturated heterocycles. The fourth-order valence-electron chi connectivity index (χ4n) is 2.77. The maximum absolute atomic E-state index is 12.3. The van der Waals surface area contributed by atoms with Crippen LogP contribution in [-0.4, -0.2) is 48.5 Å². The molecular formula is C18H19N3O4. The molecule has 1 aliphatic rings. The van der Waals surface area contributed by atoms with Gasteiger partial charge in [0.25, 0.3) is 11.6 Å². The average Bonchev–Trinajstić information content (AvgIpc) is 2.67. The number of amides is 1. The van der Waals surface area contributed by atoms with Crippen molar-refractivity contribution in [3.8, 4) is 5.75 Å². The van der Waals surface area contributed by atoms with Crippen molar-refractivity contribution in [2.45, 2.75) is 0 Å². The lowest BCUT2D eigenvalue weighted by molar-refractivity contribution is -0.384. The second kappa shape index (κ2) is 7.65. The molecule has 0 atom stereocenters. The van der Waals surface area contributed by atoms with Crippen LogP contribution in [0.15, 0.2) is 54.6 Å². The summed E-state index contributed by atoms with van der Waals surface area (Å²) in [6, 6.07) is 15.8. The van der Waals surface area contributed by atoms with E-state index in [9.17, 15) is 14.9 Å². The molecule has 3 rings (SSSR count). The number of hydrogen-bond acceptors (Lipinski definition) is 5. The zero-order valence-corrected chi connectivity index (χ0v) is 13.7. The highest BCUT2D eigenvalue weighted by molar-refractivity contribution is 5.78. The van der Waals surface area contributed by atoms with E-state index in [-0.39, 0.29) is 18.2 Å². The van der Waals surface area contributed by atoms with Gasteiger partial charge in [-0.15, -0.1) is 0 Å². The summed E-state index contributed by atoms with van der Waals surface area (Å²) in [6.07, 6.45) is 0. The number of rotatable bonds is 5. The minimum Gasteiger partial charge on any atom is -0.484 e. The molecule has 1 aliphatic heterocycles. The largest absolute Gasteiger partial charge is 0.484 e. The molecule has 2 aromatic carbocycles. The lowest BCUT2D eigenvalue weighted by Crippen LogP contribution is -2.50. The minimum absolute atomic E-state index is 0.0147. The quantitative estimate of drug-likeness (QED) is 0.616. The summed E-state index contributed by atoms with van der Waals surface area (Å²) >= 11 is 0. The van der Waals surface area contributed by atoms with Crippen LogP contribution >= 0.6 is 0 Å². The van der Waals surface area contributed by atoms with Crippen molar-refractivity contribution < 1.29 is 14.5 Å². The van der Waals surface area contributed by atoms with Gasteiger partial charge in [-0.1, -0.05) is 24.3 Å². The van der Waals surface area contributed by atoms with E-state index < -0.39 is 4.92 Å². The maximum atomic E-state index is 12.3. The molecule has 1 fully saturated rings. The van der Waals surface area contributed by atoms with Gasteiger partial charge in [0.1, 0.15) is 5.75 Å². The van der Waals surface area contributed by atoms with E-state index in [1.807, 2.05) is 36.4 Å². The van der Waals surface area contributed by atoms with Crippen LogP contribution in [0.5, 0.6) is 5.75 Å². The Kier molecular flexibility index (Phi) is 5.13. The van der Waals surface area contributed by atoms with Crippen LogP contribution in [0, 0.1) is 10.1 Å². The number of carbonyl (C=O) groups is 1. The van der Waals surface area contributed by atoms with Crippen molar-refractivity contribution >= 4 is 17.3 Å². The van der Waals surface area contributed by atoms with Gasteiger partial charge in [0.2, 0.25) is 0 Å². The van der Waals surface area contributed by atoms with Crippen LogP contribution in [0.1, 0.15) is 0 Å². The first-order chi connectivity index (χ1) is 12.1. The van der Waals surface area contributed by atoms with Crippen molar-refractivity contribution in [3.63, 3.8) is 0 Å². The number of nitro groups is 1. The van der Waals surface area contributed by atoms with E-state index in [0.717, 1.165) is 5.69 Å². The second-order valence-electron chi connectivity index (χ2n) is 5.75. The highest BCUT2D eigenvalue weighted by Gasteiger charge is 2.22. The minimum atomic E-state index is -0.399. The van der Waals surface area contributed by atoms with Gasteiger partial charge < -0.3 is 14.5 Å². The van der Waals surface area contributed by atoms with E-state index in [4.69, 9.17) is 4.74 Å². The summed E-state index contributed by atoms with van der Waals surface area (Å²) in [5.41, 5.74) is 0.883. The first-order valence-corrected chi connectivity index (χ1v) is 8.08. The molecular weight excluding hydrogens is 322 g/mol. The zero-order chi connectivity index (χ0) is 17.6. The van der Waals surface area contributed by atoms with Gasteiger partial charge >= 0.3 is 0 Å². The molecule has 0 aromatic heterocycles. The second-order valence-corrected chi connectivity index (χ2v) is 5.75. The predicted molar refractivity (Wildman–Crippen MR) is 93.8 cm³/mol. The third-order valence-electron chi connectivity index (χ3n) is 4.14. The molecule has 0 spiro atoms. The van der Waals surface area contributed by atoms with Crippen LogP contribution in [-0.2, 0) is 4.79 Å². The van der Waals surface area contributed by atoms with Gasteiger partial charge in [-0.2, -0.15) is 0 Å². The molecule has 0 saturated carbocycles. The van der Waals surface area contributed by atoms with Gasteiger partial charge in [-0.05, 0) is 18.2 Å². The summed E-state index contributed by atoms with van der Waals surface area (Å²) in [7, 11) is 0. The summed E-state index contributed by atoms with van der Waals surface area (Å²) in [4.78, 5) is 26.6. The summed E-state index contributed by atoms with van der Waals surface area (Å²) in [6.45, 7) is 2.43. The Morgan fingerprint density at radius 2 is 1.76 bits per heavy atom. The van der Waals surface area contributed by atoms with Crippen molar-refractivity contribution in [2.75, 3.05) is 37.7 Å². The molecule has 0 bridgehead atoms. The molecule has 7 heteroatoms. The van der Waals surface area contributed by atoms with Gasteiger partial charge in [0, 0.05) is 44.0 Å². The number of anilines is 1. The highest BCUT2D eigenvalue weighted by atomic mass is 16.6. The Bertz CT molecular complexity index is 743. The van der Waals surface area contributed by atoms with Gasteiger partial charge in [-0.25, -0.2) is 0 Å². The molecule has 0 N–H and O–H groups in total. The van der Waals surface area contributed by atoms with Crippen molar-refractivity contribution in [1.82, 2.24) is 4.90 Å². The fraction of sp³-hybridized carbons (Fsp3) is 0.278. The lowest BCUT2D eigenvalue weighted by atomic mass is 10.2. The number of piperazine rings is 1. The van der Waals surface area contributed by atoms with E-state index in [1.54, 1.807) is 17.0 Å². The SMILES string of the molecule is O=C(COc1ccccc1)N1CCN(c2cccc([N+](=O)[O-])c2)CC1. The number of carbonyl (C=O) groups excluding carboxylic acids is 1. The fourth-order valence-corrected chi connectivity index (χ4v) is 2.77. The molecule has 7 nitrogen and oxygen atoms in total. The van der Waals surface area contributed by atoms with E-state index in [1.165, 1.54) is 6.07 Å². The summed E-state index contributed by atoms with van der Waals surface area (Å²) in [5, 5.41) is 10.9. The smallest absolute Gasteiger partial charge is 0.271 e. The third kappa shape index (κ3) is 4.26. The van der Waals surface area contributed by atoms with E-state index >= 15 is 0 Å². The highest BCUT2D eigenvalue weighted by Crippen LogP contribution is 2.22. The monoisotopic (exact) mass is 341 g/mol. The number of hydrogen-bond donors (Lipinski definition) is 0. The molecule has 130 valence electrons. The first-order valence-electron chi connectivity index (χ1n) is 8.08. The van der Waals surface area contributed by atoms with E-state index in [0.29, 0.717) is 31.9 Å². The van der Waals surface area contributed by atoms with Crippen LogP contribution in [0.2, 0.25) is 0 Å². The summed E-state index contributed by atoms with van der Waals surface area (Å²) < 4.78 is 5.49. The standard InChI is InChI=1S/C18H19N3O4/c22-18(14-25-17-7-2-1-3-8-17)20-11-9-19(10-12-20)15-5-4-6-16(13-15)21(23)24/h1-8,13H,9-12,14H2. The number of nitrogens with zero attached hydrogens (tertiary/aromatic N) is 3. The molecule has 0 unspecified atom stereocenters. The van der Waals surface area contributed by atoms with Crippen LogP contribution in [0.4, 0.5) is 11.4 Å². The molecule has 2 aromatic rings. The molecule has 1 heterocycles. The molecule has 0 radical (unpaired) electrons. The van der Waals surface area contributed by atoms with Crippen LogP contribution in [0.3, 0.4) is 0 Å². The van der Waals surface area contributed by atoms with Crippen molar-refractivity contribution in [3.05, 3.63) is 64.7 Å². The number of benzene rings is 2. The number of non-ortho nitro benzene ring substituents is 1. The Hall–Kier alpha value is -3.09. The Morgan fingerprint density at radius 1 is 1.04 bits per heavy atom. The van der Waals surface area contributed by atoms with Crippen LogP contribution in [0.25, 0.3) is 0 Å². The summed E-state index contributed by atoms with van der Waals surface area (Å²) in [5.74, 6) is 0.619.